The van der Waals surface area contributed by atoms with Crippen LogP contribution in [0.2, 0.25) is 0 Å². The van der Waals surface area contributed by atoms with Gasteiger partial charge in [-0.05, 0) is 17.7 Å². The molecule has 5 nitrogen and oxygen atoms in total. The number of nitriles is 1. The molecule has 0 aliphatic heterocycles. The Bertz CT molecular complexity index is 921. The number of nitrogens with two attached hydrogens (primary N) is 1. The van der Waals surface area contributed by atoms with Gasteiger partial charge >= 0.3 is 5.97 Å². The maximum atomic E-state index is 11.4. The number of aromatic nitrogens is 1. The molecule has 112 valence electrons. The average molecular weight is 303 g/mol. The first-order valence-electron chi connectivity index (χ1n) is 6.92. The highest BCUT2D eigenvalue weighted by atomic mass is 16.4. The predicted molar refractivity (Wildman–Crippen MR) is 87.3 cm³/mol. The number of benzene rings is 2. The number of para-hydroxylation sites is 1. The number of hydrogen-bond donors (Lipinski definition) is 2. The molecule has 3 aromatic rings. The van der Waals surface area contributed by atoms with Gasteiger partial charge in [-0.15, -0.1) is 0 Å². The van der Waals surface area contributed by atoms with Crippen LogP contribution in [0.5, 0.6) is 0 Å². The fraction of sp³-hybridized carbons (Fsp3) is 0. The van der Waals surface area contributed by atoms with E-state index in [4.69, 9.17) is 5.73 Å². The average Bonchev–Trinajstić information content (AvgIpc) is 2.92. The van der Waals surface area contributed by atoms with Crippen molar-refractivity contribution in [3.05, 3.63) is 71.9 Å². The molecule has 0 saturated heterocycles. The lowest BCUT2D eigenvalue weighted by molar-refractivity contribution is 0.0697. The molecular formula is C18H13N3O2. The van der Waals surface area contributed by atoms with Gasteiger partial charge in [-0.2, -0.15) is 5.26 Å². The first kappa shape index (κ1) is 14.4. The van der Waals surface area contributed by atoms with Crippen LogP contribution in [-0.4, -0.2) is 15.6 Å². The van der Waals surface area contributed by atoms with Crippen LogP contribution in [0.4, 0.5) is 5.82 Å². The Morgan fingerprint density at radius 2 is 1.74 bits per heavy atom. The van der Waals surface area contributed by atoms with Crippen molar-refractivity contribution in [3.8, 4) is 22.9 Å². The number of nitrogen functional groups attached to an aromatic ring is 1. The van der Waals surface area contributed by atoms with E-state index in [1.165, 1.54) is 6.07 Å². The fourth-order valence-electron chi connectivity index (χ4n) is 2.54. The Morgan fingerprint density at radius 3 is 2.39 bits per heavy atom. The molecule has 3 rings (SSSR count). The van der Waals surface area contributed by atoms with E-state index in [1.54, 1.807) is 29.0 Å². The molecule has 0 spiro atoms. The minimum absolute atomic E-state index is 0.123. The summed E-state index contributed by atoms with van der Waals surface area (Å²) in [6.45, 7) is 0. The summed E-state index contributed by atoms with van der Waals surface area (Å²) in [5.74, 6) is -0.825. The molecule has 0 aliphatic rings. The molecule has 0 amide bonds. The smallest absolute Gasteiger partial charge is 0.337 e. The number of anilines is 1. The topological polar surface area (TPSA) is 92.0 Å². The molecule has 0 atom stereocenters. The first-order valence-corrected chi connectivity index (χ1v) is 6.92. The van der Waals surface area contributed by atoms with Gasteiger partial charge in [0.2, 0.25) is 0 Å². The van der Waals surface area contributed by atoms with E-state index < -0.39 is 5.97 Å². The molecule has 23 heavy (non-hydrogen) atoms. The van der Waals surface area contributed by atoms with Crippen LogP contribution in [0, 0.1) is 11.3 Å². The minimum atomic E-state index is -1.05. The number of aromatic carboxylic acids is 1. The number of nitrogens with zero attached hydrogens (tertiary/aromatic N) is 2. The number of rotatable bonds is 3. The molecule has 0 radical (unpaired) electrons. The van der Waals surface area contributed by atoms with E-state index in [0.717, 1.165) is 5.56 Å². The Hall–Kier alpha value is -3.52. The second-order valence-corrected chi connectivity index (χ2v) is 4.97. The highest BCUT2D eigenvalue weighted by Gasteiger charge is 2.19. The highest BCUT2D eigenvalue weighted by Crippen LogP contribution is 2.32. The second-order valence-electron chi connectivity index (χ2n) is 4.97. The van der Waals surface area contributed by atoms with E-state index >= 15 is 0 Å². The van der Waals surface area contributed by atoms with Crippen LogP contribution in [-0.2, 0) is 0 Å². The normalized spacial score (nSPS) is 10.2. The van der Waals surface area contributed by atoms with Crippen molar-refractivity contribution in [3.63, 3.8) is 0 Å². The van der Waals surface area contributed by atoms with Gasteiger partial charge < -0.3 is 15.4 Å². The standard InChI is InChI=1S/C18H13N3O2/c19-10-14-15(12-6-2-1-3-7-12)11-21(17(14)20)16-9-5-4-8-13(16)18(22)23/h1-9,11H,20H2,(H,22,23). The molecule has 1 aromatic heterocycles. The summed E-state index contributed by atoms with van der Waals surface area (Å²) in [5, 5.41) is 18.8. The lowest BCUT2D eigenvalue weighted by Gasteiger charge is -2.09. The van der Waals surface area contributed by atoms with Gasteiger partial charge in [0.05, 0.1) is 11.3 Å². The summed E-state index contributed by atoms with van der Waals surface area (Å²) in [5.41, 5.74) is 8.50. The van der Waals surface area contributed by atoms with Gasteiger partial charge in [0.25, 0.3) is 0 Å². The number of carboxylic acids is 1. The lowest BCUT2D eigenvalue weighted by Crippen LogP contribution is -2.07. The first-order chi connectivity index (χ1) is 11.1. The molecular weight excluding hydrogens is 290 g/mol. The quantitative estimate of drug-likeness (QED) is 0.776. The molecule has 5 heteroatoms. The van der Waals surface area contributed by atoms with E-state index in [9.17, 15) is 15.2 Å². The minimum Gasteiger partial charge on any atom is -0.478 e. The predicted octanol–water partition coefficient (Wildman–Crippen LogP) is 3.30. The zero-order chi connectivity index (χ0) is 16.4. The van der Waals surface area contributed by atoms with Gasteiger partial charge in [-0.25, -0.2) is 4.79 Å². The fourth-order valence-corrected chi connectivity index (χ4v) is 2.54. The maximum Gasteiger partial charge on any atom is 0.337 e. The van der Waals surface area contributed by atoms with Gasteiger partial charge in [-0.3, -0.25) is 0 Å². The number of carbonyl (C=O) groups is 1. The number of hydrogen-bond acceptors (Lipinski definition) is 3. The van der Waals surface area contributed by atoms with E-state index in [1.807, 2.05) is 30.3 Å². The van der Waals surface area contributed by atoms with Gasteiger partial charge in [-0.1, -0.05) is 42.5 Å². The van der Waals surface area contributed by atoms with Crippen molar-refractivity contribution < 1.29 is 9.90 Å². The Kier molecular flexibility index (Phi) is 3.57. The van der Waals surface area contributed by atoms with Crippen molar-refractivity contribution >= 4 is 11.8 Å². The SMILES string of the molecule is N#Cc1c(-c2ccccc2)cn(-c2ccccc2C(=O)O)c1N. The molecule has 0 bridgehead atoms. The van der Waals surface area contributed by atoms with Crippen LogP contribution < -0.4 is 5.73 Å². The summed E-state index contributed by atoms with van der Waals surface area (Å²) in [4.78, 5) is 11.4. The molecule has 3 N–H and O–H groups in total. The third-order valence-electron chi connectivity index (χ3n) is 3.63. The van der Waals surface area contributed by atoms with Crippen molar-refractivity contribution in [2.75, 3.05) is 5.73 Å². The van der Waals surface area contributed by atoms with Crippen LogP contribution >= 0.6 is 0 Å². The summed E-state index contributed by atoms with van der Waals surface area (Å²) < 4.78 is 1.55. The summed E-state index contributed by atoms with van der Waals surface area (Å²) in [6.07, 6.45) is 1.70. The summed E-state index contributed by atoms with van der Waals surface area (Å²) in [7, 11) is 0. The zero-order valence-electron chi connectivity index (χ0n) is 12.1. The highest BCUT2D eigenvalue weighted by molar-refractivity contribution is 5.92. The van der Waals surface area contributed by atoms with Crippen LogP contribution in [0.25, 0.3) is 16.8 Å². The van der Waals surface area contributed by atoms with Crippen molar-refractivity contribution in [1.82, 2.24) is 4.57 Å². The lowest BCUT2D eigenvalue weighted by atomic mass is 10.1. The van der Waals surface area contributed by atoms with Crippen molar-refractivity contribution in [1.29, 1.82) is 5.26 Å². The number of carboxylic acid groups (broad SMARTS) is 1. The van der Waals surface area contributed by atoms with Crippen molar-refractivity contribution in [2.45, 2.75) is 0 Å². The van der Waals surface area contributed by atoms with E-state index in [2.05, 4.69) is 6.07 Å². The second kappa shape index (κ2) is 5.70. The van der Waals surface area contributed by atoms with E-state index in [0.29, 0.717) is 16.8 Å². The summed E-state index contributed by atoms with van der Waals surface area (Å²) in [6, 6.07) is 18.0. The monoisotopic (exact) mass is 303 g/mol. The molecule has 0 fully saturated rings. The molecule has 0 saturated carbocycles. The van der Waals surface area contributed by atoms with Crippen LogP contribution in [0.1, 0.15) is 15.9 Å². The van der Waals surface area contributed by atoms with E-state index in [-0.39, 0.29) is 11.4 Å². The molecule has 0 aliphatic carbocycles. The molecule has 2 aromatic carbocycles. The van der Waals surface area contributed by atoms with Gasteiger partial charge in [0.15, 0.2) is 0 Å². The zero-order valence-corrected chi connectivity index (χ0v) is 12.1. The van der Waals surface area contributed by atoms with Crippen molar-refractivity contribution in [2.24, 2.45) is 0 Å². The third-order valence-corrected chi connectivity index (χ3v) is 3.63. The van der Waals surface area contributed by atoms with Crippen LogP contribution in [0.3, 0.4) is 0 Å². The Morgan fingerprint density at radius 1 is 1.09 bits per heavy atom. The van der Waals surface area contributed by atoms with Gasteiger partial charge in [0.1, 0.15) is 17.5 Å². The molecule has 1 heterocycles. The summed E-state index contributed by atoms with van der Waals surface area (Å²) >= 11 is 0. The Balaban J connectivity index is 2.26. The maximum absolute atomic E-state index is 11.4. The third kappa shape index (κ3) is 2.43. The van der Waals surface area contributed by atoms with Crippen LogP contribution in [0.15, 0.2) is 60.8 Å². The largest absolute Gasteiger partial charge is 0.478 e. The van der Waals surface area contributed by atoms with Gasteiger partial charge in [0, 0.05) is 11.8 Å². The molecule has 0 unspecified atom stereocenters. The Labute approximate surface area is 132 Å².